The third kappa shape index (κ3) is 5.58. The molecule has 0 radical (unpaired) electrons. The summed E-state index contributed by atoms with van der Waals surface area (Å²) in [5.74, 6) is 2.41. The number of ether oxygens (including phenoxy) is 1. The first kappa shape index (κ1) is 26.4. The highest BCUT2D eigenvalue weighted by Crippen LogP contribution is 2.55. The molecule has 6 aliphatic rings. The van der Waals surface area contributed by atoms with E-state index in [1.165, 1.54) is 39.2 Å². The van der Waals surface area contributed by atoms with Gasteiger partial charge in [-0.2, -0.15) is 0 Å². The number of rotatable bonds is 7. The Morgan fingerprint density at radius 1 is 1.11 bits per heavy atom. The Bertz CT molecular complexity index is 1030. The highest BCUT2D eigenvalue weighted by Gasteiger charge is 2.55. The molecule has 2 N–H and O–H groups in total. The fourth-order valence-electron chi connectivity index (χ4n) is 8.42. The van der Waals surface area contributed by atoms with Gasteiger partial charge < -0.3 is 20.1 Å². The standard InChI is InChI=1S/C30H43N3O4S/c1-37-26(34)14-19-6-5-11-33(18-19)25-10-9-24(29(31-25)38-23-7-3-2-4-8-23)28(35)32-27-21-12-20-13-22(27)17-30(36,15-20)16-21/h9-10,19-23,27,36H,2-8,11-18H2,1H3,(H,32,35)/t19-,20?,21-,22-,27?,30?/m0/s1. The summed E-state index contributed by atoms with van der Waals surface area (Å²) in [6.45, 7) is 1.70. The molecule has 38 heavy (non-hydrogen) atoms. The molecule has 5 aliphatic carbocycles. The zero-order valence-electron chi connectivity index (χ0n) is 22.7. The van der Waals surface area contributed by atoms with E-state index in [2.05, 4.69) is 10.2 Å². The molecule has 1 aromatic rings. The maximum Gasteiger partial charge on any atom is 0.305 e. The van der Waals surface area contributed by atoms with Gasteiger partial charge in [0, 0.05) is 30.8 Å². The number of methoxy groups -OCH3 is 1. The van der Waals surface area contributed by atoms with Gasteiger partial charge in [-0.05, 0) is 93.6 Å². The van der Waals surface area contributed by atoms with E-state index in [9.17, 15) is 14.7 Å². The van der Waals surface area contributed by atoms with Gasteiger partial charge in [-0.15, -0.1) is 11.8 Å². The zero-order chi connectivity index (χ0) is 26.3. The van der Waals surface area contributed by atoms with Crippen LogP contribution in [0.5, 0.6) is 0 Å². The van der Waals surface area contributed by atoms with Crippen molar-refractivity contribution in [3.63, 3.8) is 0 Å². The predicted molar refractivity (Wildman–Crippen MR) is 148 cm³/mol. The van der Waals surface area contributed by atoms with Crippen molar-refractivity contribution in [2.75, 3.05) is 25.1 Å². The smallest absolute Gasteiger partial charge is 0.305 e. The second kappa shape index (κ2) is 11.0. The fraction of sp³-hybridized carbons (Fsp3) is 0.767. The number of carbonyl (C=O) groups is 2. The van der Waals surface area contributed by atoms with E-state index >= 15 is 0 Å². The number of hydrogen-bond donors (Lipinski definition) is 2. The first-order valence-electron chi connectivity index (χ1n) is 14.9. The molecule has 0 spiro atoms. The summed E-state index contributed by atoms with van der Waals surface area (Å²) in [6, 6.07) is 4.14. The molecule has 3 atom stereocenters. The molecule has 1 saturated heterocycles. The average Bonchev–Trinajstić information content (AvgIpc) is 2.90. The van der Waals surface area contributed by atoms with Crippen LogP contribution in [0.2, 0.25) is 0 Å². The van der Waals surface area contributed by atoms with Crippen LogP contribution in [0.1, 0.15) is 93.8 Å². The minimum Gasteiger partial charge on any atom is -0.469 e. The van der Waals surface area contributed by atoms with Gasteiger partial charge >= 0.3 is 5.97 Å². The largest absolute Gasteiger partial charge is 0.469 e. The van der Waals surface area contributed by atoms with Gasteiger partial charge in [0.2, 0.25) is 0 Å². The van der Waals surface area contributed by atoms with Crippen LogP contribution in [0, 0.1) is 23.7 Å². The van der Waals surface area contributed by atoms with Crippen LogP contribution in [-0.2, 0) is 9.53 Å². The molecular formula is C30H43N3O4S. The second-order valence-electron chi connectivity index (χ2n) is 12.8. The number of hydrogen-bond acceptors (Lipinski definition) is 7. The molecule has 208 valence electrons. The van der Waals surface area contributed by atoms with Crippen molar-refractivity contribution >= 4 is 29.5 Å². The van der Waals surface area contributed by atoms with Crippen LogP contribution in [0.15, 0.2) is 17.2 Å². The Morgan fingerprint density at radius 2 is 1.87 bits per heavy atom. The lowest BCUT2D eigenvalue weighted by Gasteiger charge is -2.58. The van der Waals surface area contributed by atoms with Crippen molar-refractivity contribution in [2.45, 2.75) is 105 Å². The molecule has 0 aromatic carbocycles. The third-order valence-corrected chi connectivity index (χ3v) is 11.3. The highest BCUT2D eigenvalue weighted by molar-refractivity contribution is 7.99. The molecule has 6 fully saturated rings. The molecule has 5 saturated carbocycles. The van der Waals surface area contributed by atoms with Crippen molar-refractivity contribution in [3.05, 3.63) is 17.7 Å². The Hall–Kier alpha value is -1.80. The van der Waals surface area contributed by atoms with E-state index in [1.54, 1.807) is 11.8 Å². The summed E-state index contributed by atoms with van der Waals surface area (Å²) in [5, 5.41) is 15.8. The van der Waals surface area contributed by atoms with Crippen LogP contribution in [-0.4, -0.2) is 59.1 Å². The van der Waals surface area contributed by atoms with Crippen LogP contribution in [0.3, 0.4) is 0 Å². The van der Waals surface area contributed by atoms with Gasteiger partial charge in [-0.3, -0.25) is 9.59 Å². The second-order valence-corrected chi connectivity index (χ2v) is 14.1. The summed E-state index contributed by atoms with van der Waals surface area (Å²) < 4.78 is 4.91. The number of piperidine rings is 1. The number of aromatic nitrogens is 1. The maximum atomic E-state index is 13.8. The topological polar surface area (TPSA) is 91.8 Å². The number of amides is 1. The van der Waals surface area contributed by atoms with Crippen molar-refractivity contribution in [2.24, 2.45) is 23.7 Å². The minimum atomic E-state index is -0.497. The van der Waals surface area contributed by atoms with Crippen molar-refractivity contribution in [1.29, 1.82) is 0 Å². The van der Waals surface area contributed by atoms with Crippen molar-refractivity contribution in [1.82, 2.24) is 10.3 Å². The van der Waals surface area contributed by atoms with E-state index in [0.29, 0.717) is 35.0 Å². The quantitative estimate of drug-likeness (QED) is 0.472. The molecule has 0 unspecified atom stereocenters. The summed E-state index contributed by atoms with van der Waals surface area (Å²) in [5.41, 5.74) is 0.197. The Kier molecular flexibility index (Phi) is 7.64. The number of thioether (sulfide) groups is 1. The minimum absolute atomic E-state index is 0.00552. The third-order valence-electron chi connectivity index (χ3n) is 9.99. The van der Waals surface area contributed by atoms with Crippen molar-refractivity contribution < 1.29 is 19.4 Å². The van der Waals surface area contributed by atoms with Gasteiger partial charge in [-0.1, -0.05) is 19.3 Å². The summed E-state index contributed by atoms with van der Waals surface area (Å²) >= 11 is 1.79. The highest BCUT2D eigenvalue weighted by atomic mass is 32.2. The van der Waals surface area contributed by atoms with E-state index in [4.69, 9.17) is 9.72 Å². The average molecular weight is 542 g/mol. The number of carbonyl (C=O) groups excluding carboxylic acids is 2. The van der Waals surface area contributed by atoms with E-state index in [0.717, 1.165) is 68.9 Å². The monoisotopic (exact) mass is 541 g/mol. The number of anilines is 1. The molecule has 7 nitrogen and oxygen atoms in total. The number of nitrogens with zero attached hydrogens (tertiary/aromatic N) is 2. The molecule has 2 heterocycles. The van der Waals surface area contributed by atoms with Crippen LogP contribution < -0.4 is 10.2 Å². The summed E-state index contributed by atoms with van der Waals surface area (Å²) in [6.07, 6.45) is 13.5. The number of pyridine rings is 1. The van der Waals surface area contributed by atoms with Gasteiger partial charge in [0.15, 0.2) is 0 Å². The molecule has 4 bridgehead atoms. The normalized spacial score (nSPS) is 34.8. The molecule has 7 rings (SSSR count). The lowest BCUT2D eigenvalue weighted by atomic mass is 9.52. The maximum absolute atomic E-state index is 13.8. The van der Waals surface area contributed by atoms with Crippen LogP contribution >= 0.6 is 11.8 Å². The molecule has 1 amide bonds. The Labute approximate surface area is 230 Å². The van der Waals surface area contributed by atoms with Crippen LogP contribution in [0.25, 0.3) is 0 Å². The first-order valence-corrected chi connectivity index (χ1v) is 15.8. The molecule has 1 aromatic heterocycles. The predicted octanol–water partition coefficient (Wildman–Crippen LogP) is 4.96. The Balaban J connectivity index is 1.21. The van der Waals surface area contributed by atoms with Gasteiger partial charge in [0.1, 0.15) is 10.8 Å². The summed E-state index contributed by atoms with van der Waals surface area (Å²) in [4.78, 5) is 33.0. The van der Waals surface area contributed by atoms with Gasteiger partial charge in [0.25, 0.3) is 5.91 Å². The van der Waals surface area contributed by atoms with E-state index in [1.807, 2.05) is 12.1 Å². The molecular weight excluding hydrogens is 498 g/mol. The molecule has 1 aliphatic heterocycles. The van der Waals surface area contributed by atoms with E-state index in [-0.39, 0.29) is 23.8 Å². The Morgan fingerprint density at radius 3 is 2.58 bits per heavy atom. The lowest BCUT2D eigenvalue weighted by Crippen LogP contribution is -2.61. The fourth-order valence-corrected chi connectivity index (χ4v) is 9.73. The first-order chi connectivity index (χ1) is 18.4. The van der Waals surface area contributed by atoms with E-state index < -0.39 is 5.60 Å². The molecule has 8 heteroatoms. The lowest BCUT2D eigenvalue weighted by molar-refractivity contribution is -0.141. The van der Waals surface area contributed by atoms with Crippen molar-refractivity contribution in [3.8, 4) is 0 Å². The van der Waals surface area contributed by atoms with Gasteiger partial charge in [-0.25, -0.2) is 4.98 Å². The number of nitrogens with one attached hydrogen (secondary N) is 1. The SMILES string of the molecule is COC(=O)C[C@@H]1CCCN(c2ccc(C(=O)NC3[C@H]4CC5C[C@H]3CC(O)(C5)C4)c(SC3CCCCC3)n2)C1. The number of aliphatic hydroxyl groups is 1. The zero-order valence-corrected chi connectivity index (χ0v) is 23.5. The summed E-state index contributed by atoms with van der Waals surface area (Å²) in [7, 11) is 1.45. The van der Waals surface area contributed by atoms with Gasteiger partial charge in [0.05, 0.1) is 18.3 Å². The van der Waals surface area contributed by atoms with Crippen LogP contribution in [0.4, 0.5) is 5.82 Å². The number of esters is 1.